The second-order valence-electron chi connectivity index (χ2n) is 7.91. The Kier molecular flexibility index (Phi) is 8.60. The van der Waals surface area contributed by atoms with Crippen LogP contribution in [0.15, 0.2) is 33.2 Å². The predicted octanol–water partition coefficient (Wildman–Crippen LogP) is 6.87. The van der Waals surface area contributed by atoms with Crippen molar-refractivity contribution in [3.63, 3.8) is 0 Å². The molecule has 2 aromatic rings. The zero-order valence-electron chi connectivity index (χ0n) is 16.1. The zero-order valence-corrected chi connectivity index (χ0v) is 19.3. The molecule has 2 aliphatic rings. The van der Waals surface area contributed by atoms with Gasteiger partial charge in [0.05, 0.1) is 16.9 Å². The van der Waals surface area contributed by atoms with E-state index >= 15 is 0 Å². The molecule has 2 aromatic carbocycles. The second kappa shape index (κ2) is 9.79. The average Bonchev–Trinajstić information content (AvgIpc) is 3.23. The fourth-order valence-electron chi connectivity index (χ4n) is 4.23. The summed E-state index contributed by atoms with van der Waals surface area (Å²) in [6, 6.07) is 8.37. The molecule has 2 aliphatic carbocycles. The van der Waals surface area contributed by atoms with Gasteiger partial charge in [0, 0.05) is 20.1 Å². The maximum atomic E-state index is 13.7. The van der Waals surface area contributed by atoms with Gasteiger partial charge in [0.15, 0.2) is 0 Å². The Morgan fingerprint density at radius 1 is 0.968 bits per heavy atom. The molecule has 31 heavy (non-hydrogen) atoms. The molecule has 3 nitrogen and oxygen atoms in total. The van der Waals surface area contributed by atoms with E-state index in [-0.39, 0.29) is 26.5 Å². The molecule has 0 fully saturated rings. The summed E-state index contributed by atoms with van der Waals surface area (Å²) in [6.07, 6.45) is 2.75. The van der Waals surface area contributed by atoms with Gasteiger partial charge in [-0.05, 0) is 74.9 Å². The summed E-state index contributed by atoms with van der Waals surface area (Å²) in [4.78, 5) is 11.4. The standard InChI is InChI=1S/C11H11BrFNO.C11H9BrFN.2CH4/c1-11(10(14)15)5-4-6-7(12)2-3-8(13)9(6)11;1-11(6-14)5-4-7-8(12)2-3-9(13)10(7)11;;/h2-3H,4-5H2,1H3,(H2,14,15);2-3H,4-5H2,1H3;2*1H4. The van der Waals surface area contributed by atoms with E-state index in [2.05, 4.69) is 37.9 Å². The molecule has 0 aliphatic heterocycles. The number of nitrogens with zero attached hydrogens (tertiary/aromatic N) is 1. The summed E-state index contributed by atoms with van der Waals surface area (Å²) in [7, 11) is 0. The Morgan fingerprint density at radius 2 is 1.42 bits per heavy atom. The molecule has 0 saturated heterocycles. The van der Waals surface area contributed by atoms with Crippen molar-refractivity contribution in [2.45, 2.75) is 65.2 Å². The first kappa shape index (κ1) is 27.3. The van der Waals surface area contributed by atoms with E-state index in [1.165, 1.54) is 12.1 Å². The molecular weight excluding hydrogens is 530 g/mol. The van der Waals surface area contributed by atoms with E-state index in [9.17, 15) is 13.6 Å². The number of primary amides is 1. The Morgan fingerprint density at radius 3 is 1.90 bits per heavy atom. The summed E-state index contributed by atoms with van der Waals surface area (Å²) in [5, 5.41) is 9.06. The van der Waals surface area contributed by atoms with Crippen LogP contribution >= 0.6 is 31.9 Å². The summed E-state index contributed by atoms with van der Waals surface area (Å²) in [5.41, 5.74) is 6.70. The average molecular weight is 558 g/mol. The largest absolute Gasteiger partial charge is 0.369 e. The summed E-state index contributed by atoms with van der Waals surface area (Å²) in [6.45, 7) is 3.50. The van der Waals surface area contributed by atoms with Gasteiger partial charge in [-0.1, -0.05) is 46.7 Å². The molecule has 2 N–H and O–H groups in total. The van der Waals surface area contributed by atoms with Crippen molar-refractivity contribution < 1.29 is 13.6 Å². The van der Waals surface area contributed by atoms with E-state index in [1.807, 2.05) is 0 Å². The van der Waals surface area contributed by atoms with Gasteiger partial charge in [0.1, 0.15) is 11.6 Å². The van der Waals surface area contributed by atoms with Gasteiger partial charge in [-0.25, -0.2) is 8.78 Å². The number of hydrogen-bond donors (Lipinski definition) is 1. The van der Waals surface area contributed by atoms with E-state index in [0.29, 0.717) is 30.4 Å². The highest BCUT2D eigenvalue weighted by Gasteiger charge is 2.42. The minimum absolute atomic E-state index is 0. The van der Waals surface area contributed by atoms with Crippen molar-refractivity contribution in [2.24, 2.45) is 5.73 Å². The number of benzene rings is 2. The van der Waals surface area contributed by atoms with Crippen LogP contribution in [0.3, 0.4) is 0 Å². The predicted molar refractivity (Wildman–Crippen MR) is 128 cm³/mol. The molecule has 0 saturated carbocycles. The lowest BCUT2D eigenvalue weighted by atomic mass is 9.83. The van der Waals surface area contributed by atoms with Crippen LogP contribution in [0.1, 0.15) is 63.8 Å². The Hall–Kier alpha value is -1.78. The van der Waals surface area contributed by atoms with Crippen LogP contribution in [-0.4, -0.2) is 5.91 Å². The SMILES string of the molecule is C.C.CC1(C#N)CCc2c(Br)ccc(F)c21.CC1(C(N)=O)CCc2c(Br)ccc(F)c21. The summed E-state index contributed by atoms with van der Waals surface area (Å²) < 4.78 is 29.0. The lowest BCUT2D eigenvalue weighted by Gasteiger charge is -2.21. The first-order valence-corrected chi connectivity index (χ1v) is 10.8. The van der Waals surface area contributed by atoms with Crippen molar-refractivity contribution in [3.05, 3.63) is 67.1 Å². The Balaban J connectivity index is 0.000000292. The first-order valence-electron chi connectivity index (χ1n) is 9.21. The first-order chi connectivity index (χ1) is 13.5. The van der Waals surface area contributed by atoms with Crippen molar-refractivity contribution in [1.82, 2.24) is 0 Å². The fourth-order valence-corrected chi connectivity index (χ4v) is 5.29. The molecule has 0 aromatic heterocycles. The molecule has 7 heteroatoms. The highest BCUT2D eigenvalue weighted by molar-refractivity contribution is 9.10. The van der Waals surface area contributed by atoms with Crippen LogP contribution in [0.4, 0.5) is 8.78 Å². The van der Waals surface area contributed by atoms with Gasteiger partial charge < -0.3 is 5.73 Å². The van der Waals surface area contributed by atoms with Crippen LogP contribution in [0.2, 0.25) is 0 Å². The number of halogens is 4. The number of carbonyl (C=O) groups excluding carboxylic acids is 1. The van der Waals surface area contributed by atoms with Crippen molar-refractivity contribution in [3.8, 4) is 6.07 Å². The maximum absolute atomic E-state index is 13.7. The normalized spacial score (nSPS) is 22.6. The molecule has 0 radical (unpaired) electrons. The molecule has 2 unspecified atom stereocenters. The lowest BCUT2D eigenvalue weighted by Crippen LogP contribution is -2.37. The minimum atomic E-state index is -0.858. The highest BCUT2D eigenvalue weighted by atomic mass is 79.9. The second-order valence-corrected chi connectivity index (χ2v) is 9.61. The molecule has 0 bridgehead atoms. The number of nitriles is 1. The topological polar surface area (TPSA) is 66.9 Å². The van der Waals surface area contributed by atoms with Crippen LogP contribution in [0.25, 0.3) is 0 Å². The van der Waals surface area contributed by atoms with Gasteiger partial charge in [0.2, 0.25) is 5.91 Å². The number of rotatable bonds is 1. The van der Waals surface area contributed by atoms with Crippen LogP contribution in [0.5, 0.6) is 0 Å². The molecule has 1 amide bonds. The van der Waals surface area contributed by atoms with Gasteiger partial charge in [-0.2, -0.15) is 5.26 Å². The summed E-state index contributed by atoms with van der Waals surface area (Å²) >= 11 is 6.75. The van der Waals surface area contributed by atoms with E-state index in [0.717, 1.165) is 26.5 Å². The number of carbonyl (C=O) groups is 1. The Labute approximate surface area is 200 Å². The number of fused-ring (bicyclic) bond motifs is 2. The van der Waals surface area contributed by atoms with Crippen LogP contribution < -0.4 is 5.73 Å². The van der Waals surface area contributed by atoms with E-state index < -0.39 is 16.7 Å². The van der Waals surface area contributed by atoms with Gasteiger partial charge in [0.25, 0.3) is 0 Å². The summed E-state index contributed by atoms with van der Waals surface area (Å²) in [5.74, 6) is -1.06. The molecule has 0 spiro atoms. The van der Waals surface area contributed by atoms with Crippen molar-refractivity contribution >= 4 is 37.8 Å². The maximum Gasteiger partial charge on any atom is 0.227 e. The smallest absolute Gasteiger partial charge is 0.227 e. The third kappa shape index (κ3) is 4.56. The number of hydrogen-bond acceptors (Lipinski definition) is 2. The zero-order chi connectivity index (χ0) is 21.6. The van der Waals surface area contributed by atoms with Gasteiger partial charge in [-0.15, -0.1) is 0 Å². The van der Waals surface area contributed by atoms with E-state index in [4.69, 9.17) is 11.0 Å². The van der Waals surface area contributed by atoms with Gasteiger partial charge >= 0.3 is 0 Å². The molecule has 4 rings (SSSR count). The lowest BCUT2D eigenvalue weighted by molar-refractivity contribution is -0.123. The fraction of sp³-hybridized carbons (Fsp3) is 0.417. The van der Waals surface area contributed by atoms with Crippen LogP contribution in [-0.2, 0) is 28.5 Å². The van der Waals surface area contributed by atoms with Gasteiger partial charge in [-0.3, -0.25) is 4.79 Å². The third-order valence-electron chi connectivity index (χ3n) is 6.05. The van der Waals surface area contributed by atoms with Crippen molar-refractivity contribution in [2.75, 3.05) is 0 Å². The van der Waals surface area contributed by atoms with E-state index in [1.54, 1.807) is 26.0 Å². The molecule has 168 valence electrons. The minimum Gasteiger partial charge on any atom is -0.369 e. The Bertz CT molecular complexity index is 1050. The molecule has 2 atom stereocenters. The quantitative estimate of drug-likeness (QED) is 0.416. The number of nitrogens with two attached hydrogens (primary N) is 1. The molecule has 0 heterocycles. The molecular formula is C24H28Br2F2N2O. The monoisotopic (exact) mass is 556 g/mol. The van der Waals surface area contributed by atoms with Crippen molar-refractivity contribution in [1.29, 1.82) is 5.26 Å². The third-order valence-corrected chi connectivity index (χ3v) is 7.54. The highest BCUT2D eigenvalue weighted by Crippen LogP contribution is 2.43. The number of amides is 1. The van der Waals surface area contributed by atoms with Crippen LogP contribution in [0, 0.1) is 23.0 Å².